The van der Waals surface area contributed by atoms with Gasteiger partial charge in [-0.15, -0.1) is 0 Å². The zero-order chi connectivity index (χ0) is 24.6. The van der Waals surface area contributed by atoms with Crippen molar-refractivity contribution < 1.29 is 17.9 Å². The molecule has 2 aromatic carbocycles. The summed E-state index contributed by atoms with van der Waals surface area (Å²) < 4.78 is 37.3. The average molecular weight is 493 g/mol. The molecule has 0 spiro atoms. The Labute approximate surface area is 204 Å². The zero-order valence-electron chi connectivity index (χ0n) is 20.0. The van der Waals surface area contributed by atoms with Crippen molar-refractivity contribution in [1.82, 2.24) is 19.9 Å². The highest BCUT2D eigenvalue weighted by atomic mass is 32.2. The van der Waals surface area contributed by atoms with E-state index in [9.17, 15) is 8.42 Å². The summed E-state index contributed by atoms with van der Waals surface area (Å²) in [5.74, 6) is 1.40. The van der Waals surface area contributed by atoms with Gasteiger partial charge in [0.05, 0.1) is 29.1 Å². The Kier molecular flexibility index (Phi) is 6.21. The summed E-state index contributed by atoms with van der Waals surface area (Å²) in [6.45, 7) is 3.83. The van der Waals surface area contributed by atoms with Gasteiger partial charge in [0.1, 0.15) is 6.10 Å². The van der Waals surface area contributed by atoms with Crippen molar-refractivity contribution in [2.45, 2.75) is 30.8 Å². The highest BCUT2D eigenvalue weighted by molar-refractivity contribution is 7.90. The number of nitrogens with one attached hydrogen (secondary N) is 1. The lowest BCUT2D eigenvalue weighted by atomic mass is 10.1. The quantitative estimate of drug-likeness (QED) is 0.436. The molecule has 1 N–H and O–H groups in total. The predicted molar refractivity (Wildman–Crippen MR) is 135 cm³/mol. The van der Waals surface area contributed by atoms with E-state index < -0.39 is 9.84 Å². The molecule has 182 valence electrons. The van der Waals surface area contributed by atoms with Gasteiger partial charge in [-0.1, -0.05) is 12.1 Å². The van der Waals surface area contributed by atoms with E-state index in [1.165, 1.54) is 6.26 Å². The number of hydrogen-bond donors (Lipinski definition) is 1. The summed E-state index contributed by atoms with van der Waals surface area (Å²) in [6, 6.07) is 16.5. The van der Waals surface area contributed by atoms with Gasteiger partial charge in [-0.25, -0.2) is 17.9 Å². The molecule has 4 aromatic rings. The number of aryl methyl sites for hydroxylation is 1. The first-order chi connectivity index (χ1) is 16.8. The minimum atomic E-state index is -3.27. The van der Waals surface area contributed by atoms with Crippen LogP contribution in [0.15, 0.2) is 59.5 Å². The fourth-order valence-electron chi connectivity index (χ4n) is 4.41. The van der Waals surface area contributed by atoms with Gasteiger partial charge in [0.15, 0.2) is 27.0 Å². The summed E-state index contributed by atoms with van der Waals surface area (Å²) in [6.07, 6.45) is 3.32. The normalized spacial score (nSPS) is 14.8. The van der Waals surface area contributed by atoms with Gasteiger partial charge < -0.3 is 14.8 Å². The molecule has 3 heterocycles. The van der Waals surface area contributed by atoms with Crippen LogP contribution in [-0.2, 0) is 9.84 Å². The topological polar surface area (TPSA) is 94.8 Å². The predicted octanol–water partition coefficient (Wildman–Crippen LogP) is 3.91. The Bertz CT molecular complexity index is 1470. The minimum absolute atomic E-state index is 0.177. The molecule has 0 atom stereocenters. The summed E-state index contributed by atoms with van der Waals surface area (Å²) in [5, 5.41) is 8.21. The van der Waals surface area contributed by atoms with E-state index in [-0.39, 0.29) is 11.0 Å². The molecular weight excluding hydrogens is 464 g/mol. The number of aromatic nitrogens is 3. The van der Waals surface area contributed by atoms with Crippen LogP contribution in [0, 0.1) is 6.92 Å². The lowest BCUT2D eigenvalue weighted by Gasteiger charge is -2.24. The number of methoxy groups -OCH3 is 1. The molecule has 35 heavy (non-hydrogen) atoms. The fraction of sp³-hybridized carbons (Fsp3) is 0.308. The number of imidazole rings is 1. The molecule has 1 aliphatic heterocycles. The SMILES string of the molecule is COc1cc(-c2ccc3nc(C)c(-c4ccc(S(C)(=O)=O)cc4)n3n2)ccc1OC1CCNCC1. The third kappa shape index (κ3) is 4.74. The molecule has 2 aromatic heterocycles. The van der Waals surface area contributed by atoms with E-state index in [4.69, 9.17) is 14.6 Å². The van der Waals surface area contributed by atoms with E-state index in [1.807, 2.05) is 37.3 Å². The lowest BCUT2D eigenvalue weighted by Crippen LogP contribution is -2.34. The third-order valence-corrected chi connectivity index (χ3v) is 7.38. The molecule has 0 unspecified atom stereocenters. The second-order valence-electron chi connectivity index (χ2n) is 8.76. The summed E-state index contributed by atoms with van der Waals surface area (Å²) in [7, 11) is -1.63. The smallest absolute Gasteiger partial charge is 0.175 e. The maximum absolute atomic E-state index is 11.8. The van der Waals surface area contributed by atoms with Crippen LogP contribution < -0.4 is 14.8 Å². The molecular formula is C26H28N4O4S. The maximum atomic E-state index is 11.8. The standard InChI is InChI=1S/C26H28N4O4S/c1-17-26(18-4-7-21(8-5-18)35(3,31)32)30-25(28-17)11-9-22(29-30)19-6-10-23(24(16-19)33-2)34-20-12-14-27-15-13-20/h4-11,16,20,27H,12-15H2,1-3H3. The van der Waals surface area contributed by atoms with Crippen molar-refractivity contribution >= 4 is 15.5 Å². The second kappa shape index (κ2) is 9.31. The van der Waals surface area contributed by atoms with Crippen LogP contribution in [0.2, 0.25) is 0 Å². The number of ether oxygens (including phenoxy) is 2. The number of piperidine rings is 1. The molecule has 0 saturated carbocycles. The highest BCUT2D eigenvalue weighted by Crippen LogP contribution is 2.34. The first kappa shape index (κ1) is 23.3. The molecule has 0 aliphatic carbocycles. The minimum Gasteiger partial charge on any atom is -0.493 e. The average Bonchev–Trinajstić information content (AvgIpc) is 3.19. The Hall–Kier alpha value is -3.43. The van der Waals surface area contributed by atoms with Gasteiger partial charge in [0.2, 0.25) is 0 Å². The summed E-state index contributed by atoms with van der Waals surface area (Å²) in [5.41, 5.74) is 4.84. The summed E-state index contributed by atoms with van der Waals surface area (Å²) in [4.78, 5) is 4.92. The van der Waals surface area contributed by atoms with E-state index in [0.29, 0.717) is 11.4 Å². The molecule has 0 radical (unpaired) electrons. The van der Waals surface area contributed by atoms with Crippen LogP contribution in [0.5, 0.6) is 11.5 Å². The Balaban J connectivity index is 1.51. The van der Waals surface area contributed by atoms with Crippen molar-refractivity contribution in [2.24, 2.45) is 0 Å². The second-order valence-corrected chi connectivity index (χ2v) is 10.8. The monoisotopic (exact) mass is 492 g/mol. The van der Waals surface area contributed by atoms with Gasteiger partial charge in [0.25, 0.3) is 0 Å². The van der Waals surface area contributed by atoms with Crippen molar-refractivity contribution in [2.75, 3.05) is 26.5 Å². The van der Waals surface area contributed by atoms with Crippen molar-refractivity contribution in [3.05, 3.63) is 60.3 Å². The molecule has 1 saturated heterocycles. The van der Waals surface area contributed by atoms with Gasteiger partial charge in [-0.3, -0.25) is 0 Å². The van der Waals surface area contributed by atoms with Gasteiger partial charge in [0, 0.05) is 17.4 Å². The Morgan fingerprint density at radius 3 is 2.37 bits per heavy atom. The largest absolute Gasteiger partial charge is 0.493 e. The van der Waals surface area contributed by atoms with Crippen LogP contribution in [0.4, 0.5) is 0 Å². The first-order valence-corrected chi connectivity index (χ1v) is 13.5. The number of rotatable bonds is 6. The third-order valence-electron chi connectivity index (χ3n) is 6.25. The molecule has 1 fully saturated rings. The number of hydrogen-bond acceptors (Lipinski definition) is 7. The number of fused-ring (bicyclic) bond motifs is 1. The molecule has 5 rings (SSSR count). The molecule has 8 nitrogen and oxygen atoms in total. The van der Waals surface area contributed by atoms with Crippen molar-refractivity contribution in [3.8, 4) is 34.0 Å². The molecule has 9 heteroatoms. The number of nitrogens with zero attached hydrogens (tertiary/aromatic N) is 3. The van der Waals surface area contributed by atoms with Gasteiger partial charge in [-0.05, 0) is 75.3 Å². The summed E-state index contributed by atoms with van der Waals surface area (Å²) >= 11 is 0. The fourth-order valence-corrected chi connectivity index (χ4v) is 5.04. The van der Waals surface area contributed by atoms with E-state index in [1.54, 1.807) is 35.9 Å². The first-order valence-electron chi connectivity index (χ1n) is 11.6. The van der Waals surface area contributed by atoms with Crippen LogP contribution in [0.3, 0.4) is 0 Å². The molecule has 0 bridgehead atoms. The Morgan fingerprint density at radius 2 is 1.69 bits per heavy atom. The van der Waals surface area contributed by atoms with E-state index in [2.05, 4.69) is 10.3 Å². The van der Waals surface area contributed by atoms with E-state index in [0.717, 1.165) is 59.9 Å². The van der Waals surface area contributed by atoms with Gasteiger partial charge >= 0.3 is 0 Å². The highest BCUT2D eigenvalue weighted by Gasteiger charge is 2.18. The number of benzene rings is 2. The lowest BCUT2D eigenvalue weighted by molar-refractivity contribution is 0.156. The van der Waals surface area contributed by atoms with Crippen molar-refractivity contribution in [1.29, 1.82) is 0 Å². The Morgan fingerprint density at radius 1 is 0.971 bits per heavy atom. The van der Waals surface area contributed by atoms with Crippen LogP contribution >= 0.6 is 0 Å². The van der Waals surface area contributed by atoms with Crippen molar-refractivity contribution in [3.63, 3.8) is 0 Å². The van der Waals surface area contributed by atoms with Crippen LogP contribution in [0.1, 0.15) is 18.5 Å². The van der Waals surface area contributed by atoms with Crippen LogP contribution in [-0.4, -0.2) is 55.6 Å². The van der Waals surface area contributed by atoms with Crippen LogP contribution in [0.25, 0.3) is 28.2 Å². The zero-order valence-corrected chi connectivity index (χ0v) is 20.8. The maximum Gasteiger partial charge on any atom is 0.175 e. The molecule has 1 aliphatic rings. The van der Waals surface area contributed by atoms with E-state index >= 15 is 0 Å². The molecule has 0 amide bonds. The number of sulfone groups is 1. The van der Waals surface area contributed by atoms with Gasteiger partial charge in [-0.2, -0.15) is 5.10 Å².